The lowest BCUT2D eigenvalue weighted by Gasteiger charge is -2.08. The molecule has 3 heterocycles. The Kier molecular flexibility index (Phi) is 5.66. The van der Waals surface area contributed by atoms with Gasteiger partial charge in [-0.05, 0) is 48.9 Å². The minimum Gasteiger partial charge on any atom is -0.467 e. The lowest BCUT2D eigenvalue weighted by molar-refractivity contribution is 0.492. The predicted molar refractivity (Wildman–Crippen MR) is 132 cm³/mol. The van der Waals surface area contributed by atoms with E-state index in [9.17, 15) is 4.79 Å². The summed E-state index contributed by atoms with van der Waals surface area (Å²) < 4.78 is 11.1. The molecule has 0 fully saturated rings. The van der Waals surface area contributed by atoms with Crippen LogP contribution in [-0.4, -0.2) is 13.9 Å². The molecule has 0 bridgehead atoms. The molecule has 0 saturated heterocycles. The van der Waals surface area contributed by atoms with Crippen molar-refractivity contribution in [2.24, 2.45) is 12.0 Å². The van der Waals surface area contributed by atoms with E-state index in [-0.39, 0.29) is 5.56 Å². The van der Waals surface area contributed by atoms with Crippen LogP contribution in [0, 0.1) is 6.92 Å². The third-order valence-corrected chi connectivity index (χ3v) is 6.68. The van der Waals surface area contributed by atoms with Crippen molar-refractivity contribution in [1.82, 2.24) is 13.9 Å². The van der Waals surface area contributed by atoms with Crippen molar-refractivity contribution in [1.29, 1.82) is 0 Å². The summed E-state index contributed by atoms with van der Waals surface area (Å²) in [7, 11) is 1.87. The van der Waals surface area contributed by atoms with Crippen molar-refractivity contribution in [3.05, 3.63) is 110 Å². The van der Waals surface area contributed by atoms with Crippen LogP contribution in [0.2, 0.25) is 5.02 Å². The van der Waals surface area contributed by atoms with E-state index in [1.807, 2.05) is 90.8 Å². The van der Waals surface area contributed by atoms with Gasteiger partial charge >= 0.3 is 0 Å². The van der Waals surface area contributed by atoms with Crippen molar-refractivity contribution in [2.75, 3.05) is 0 Å². The van der Waals surface area contributed by atoms with Gasteiger partial charge in [-0.3, -0.25) is 9.48 Å². The Morgan fingerprint density at radius 3 is 2.48 bits per heavy atom. The highest BCUT2D eigenvalue weighted by molar-refractivity contribution is 7.07. The number of rotatable bonds is 5. The standard InChI is InChI=1S/C25H21ClN4O2S/c1-17-23(24(31)30(28(17)2)20-7-4-3-5-8-20)27-25-29(15-21-9-6-14-32-21)22(16-33-25)18-10-12-19(26)13-11-18/h3-14,16H,15H2,1-2H3. The van der Waals surface area contributed by atoms with Gasteiger partial charge in [-0.1, -0.05) is 41.9 Å². The first-order valence-electron chi connectivity index (χ1n) is 10.4. The highest BCUT2D eigenvalue weighted by Crippen LogP contribution is 2.24. The van der Waals surface area contributed by atoms with Crippen molar-refractivity contribution < 1.29 is 4.42 Å². The normalized spacial score (nSPS) is 11.9. The molecule has 0 saturated carbocycles. The summed E-state index contributed by atoms with van der Waals surface area (Å²) in [5, 5.41) is 2.72. The second-order valence-electron chi connectivity index (χ2n) is 7.60. The topological polar surface area (TPSA) is 57.4 Å². The Morgan fingerprint density at radius 2 is 1.79 bits per heavy atom. The SMILES string of the molecule is Cc1c(N=c2scc(-c3ccc(Cl)cc3)n2Cc2ccco2)c(=O)n(-c2ccccc2)n1C. The summed E-state index contributed by atoms with van der Waals surface area (Å²) in [6.07, 6.45) is 1.65. The maximum Gasteiger partial charge on any atom is 0.297 e. The van der Waals surface area contributed by atoms with E-state index in [4.69, 9.17) is 21.0 Å². The molecule has 0 aliphatic carbocycles. The Balaban J connectivity index is 1.69. The Bertz CT molecular complexity index is 1520. The smallest absolute Gasteiger partial charge is 0.297 e. The minimum absolute atomic E-state index is 0.160. The summed E-state index contributed by atoms with van der Waals surface area (Å²) in [6.45, 7) is 2.40. The van der Waals surface area contributed by atoms with Gasteiger partial charge in [0.25, 0.3) is 5.56 Å². The number of hydrogen-bond acceptors (Lipinski definition) is 4. The molecule has 0 N–H and O–H groups in total. The molecule has 8 heteroatoms. The number of benzene rings is 2. The number of para-hydroxylation sites is 1. The maximum absolute atomic E-state index is 13.4. The zero-order chi connectivity index (χ0) is 22.9. The summed E-state index contributed by atoms with van der Waals surface area (Å²) in [4.78, 5) is 18.9. The molecule has 0 radical (unpaired) electrons. The highest BCUT2D eigenvalue weighted by Gasteiger charge is 2.17. The third-order valence-electron chi connectivity index (χ3n) is 5.56. The van der Waals surface area contributed by atoms with E-state index in [1.54, 1.807) is 10.9 Å². The monoisotopic (exact) mass is 476 g/mol. The van der Waals surface area contributed by atoms with Crippen LogP contribution in [0.1, 0.15) is 11.5 Å². The van der Waals surface area contributed by atoms with E-state index in [2.05, 4.69) is 4.57 Å². The zero-order valence-corrected chi connectivity index (χ0v) is 19.7. The molecule has 0 amide bonds. The second kappa shape index (κ2) is 8.77. The number of aromatic nitrogens is 3. The fraction of sp³-hybridized carbons (Fsp3) is 0.120. The molecule has 0 unspecified atom stereocenters. The molecule has 166 valence electrons. The quantitative estimate of drug-likeness (QED) is 0.334. The van der Waals surface area contributed by atoms with Gasteiger partial charge in [-0.15, -0.1) is 11.3 Å². The molecular weight excluding hydrogens is 456 g/mol. The van der Waals surface area contributed by atoms with Gasteiger partial charge in [-0.25, -0.2) is 9.67 Å². The number of hydrogen-bond donors (Lipinski definition) is 0. The number of thiazole rings is 1. The predicted octanol–water partition coefficient (Wildman–Crippen LogP) is 5.54. The Hall–Kier alpha value is -3.55. The number of furan rings is 1. The molecule has 0 spiro atoms. The first kappa shape index (κ1) is 21.3. The minimum atomic E-state index is -0.160. The maximum atomic E-state index is 13.4. The summed E-state index contributed by atoms with van der Waals surface area (Å²) in [6, 6.07) is 21.0. The summed E-state index contributed by atoms with van der Waals surface area (Å²) in [5.41, 5.74) is 3.83. The van der Waals surface area contributed by atoms with Gasteiger partial charge in [0.05, 0.1) is 29.9 Å². The third kappa shape index (κ3) is 4.01. The number of halogens is 1. The summed E-state index contributed by atoms with van der Waals surface area (Å²) in [5.74, 6) is 0.802. The van der Waals surface area contributed by atoms with E-state index < -0.39 is 0 Å². The zero-order valence-electron chi connectivity index (χ0n) is 18.1. The second-order valence-corrected chi connectivity index (χ2v) is 8.87. The van der Waals surface area contributed by atoms with Crippen LogP contribution in [0.4, 0.5) is 5.69 Å². The average molecular weight is 477 g/mol. The van der Waals surface area contributed by atoms with Crippen molar-refractivity contribution in [3.8, 4) is 16.9 Å². The van der Waals surface area contributed by atoms with Crippen molar-refractivity contribution in [3.63, 3.8) is 0 Å². The Labute approximate surface area is 199 Å². The van der Waals surface area contributed by atoms with Crippen molar-refractivity contribution in [2.45, 2.75) is 13.5 Å². The summed E-state index contributed by atoms with van der Waals surface area (Å²) >= 11 is 7.58. The molecule has 0 aliphatic heterocycles. The fourth-order valence-corrected chi connectivity index (χ4v) is 4.80. The van der Waals surface area contributed by atoms with Crippen LogP contribution in [0.15, 0.2) is 92.6 Å². The van der Waals surface area contributed by atoms with Crippen molar-refractivity contribution >= 4 is 28.6 Å². The lowest BCUT2D eigenvalue weighted by Crippen LogP contribution is -2.20. The molecule has 3 aromatic heterocycles. The van der Waals surface area contributed by atoms with Crippen LogP contribution >= 0.6 is 22.9 Å². The van der Waals surface area contributed by atoms with E-state index in [0.29, 0.717) is 22.1 Å². The van der Waals surface area contributed by atoms with Crippen LogP contribution in [0.25, 0.3) is 16.9 Å². The van der Waals surface area contributed by atoms with Gasteiger partial charge in [0.2, 0.25) is 0 Å². The largest absolute Gasteiger partial charge is 0.467 e. The van der Waals surface area contributed by atoms with E-state index >= 15 is 0 Å². The van der Waals surface area contributed by atoms with Crippen LogP contribution in [0.3, 0.4) is 0 Å². The molecule has 5 aromatic rings. The van der Waals surface area contributed by atoms with Gasteiger partial charge in [0.1, 0.15) is 5.76 Å². The average Bonchev–Trinajstić information content (AvgIpc) is 3.53. The van der Waals surface area contributed by atoms with Crippen LogP contribution < -0.4 is 10.4 Å². The molecule has 33 heavy (non-hydrogen) atoms. The van der Waals surface area contributed by atoms with Gasteiger partial charge < -0.3 is 8.98 Å². The number of nitrogens with zero attached hydrogens (tertiary/aromatic N) is 4. The van der Waals surface area contributed by atoms with E-state index in [0.717, 1.165) is 28.4 Å². The van der Waals surface area contributed by atoms with Gasteiger partial charge in [0.15, 0.2) is 10.5 Å². The first-order valence-corrected chi connectivity index (χ1v) is 11.6. The molecule has 6 nitrogen and oxygen atoms in total. The van der Waals surface area contributed by atoms with Gasteiger partial charge in [0, 0.05) is 17.5 Å². The fourth-order valence-electron chi connectivity index (χ4n) is 3.76. The Morgan fingerprint density at radius 1 is 1.03 bits per heavy atom. The molecule has 0 aliphatic rings. The lowest BCUT2D eigenvalue weighted by atomic mass is 10.2. The van der Waals surface area contributed by atoms with Crippen LogP contribution in [-0.2, 0) is 13.6 Å². The van der Waals surface area contributed by atoms with Crippen LogP contribution in [0.5, 0.6) is 0 Å². The van der Waals surface area contributed by atoms with E-state index in [1.165, 1.54) is 11.3 Å². The molecular formula is C25H21ClN4O2S. The molecule has 5 rings (SSSR count). The first-order chi connectivity index (χ1) is 16.0. The molecule has 0 atom stereocenters. The highest BCUT2D eigenvalue weighted by atomic mass is 35.5. The van der Waals surface area contributed by atoms with Gasteiger partial charge in [-0.2, -0.15) is 0 Å². The molecule has 2 aromatic carbocycles.